The second-order valence-electron chi connectivity index (χ2n) is 3.09. The topological polar surface area (TPSA) is 55.1 Å². The summed E-state index contributed by atoms with van der Waals surface area (Å²) in [6.07, 6.45) is 0.898. The lowest BCUT2D eigenvalue weighted by Crippen LogP contribution is -1.98. The SMILES string of the molecule is O=C(O)c1cc(F)c2nn(C(F)F)cc2c1. The molecule has 84 valence electrons. The zero-order chi connectivity index (χ0) is 11.9. The van der Waals surface area contributed by atoms with Gasteiger partial charge >= 0.3 is 12.5 Å². The Morgan fingerprint density at radius 3 is 2.69 bits per heavy atom. The highest BCUT2D eigenvalue weighted by atomic mass is 19.3. The van der Waals surface area contributed by atoms with Crippen LogP contribution in [0, 0.1) is 5.82 Å². The summed E-state index contributed by atoms with van der Waals surface area (Å²) in [6.45, 7) is -2.89. The molecule has 0 saturated heterocycles. The summed E-state index contributed by atoms with van der Waals surface area (Å²) in [7, 11) is 0. The van der Waals surface area contributed by atoms with Gasteiger partial charge < -0.3 is 5.11 Å². The van der Waals surface area contributed by atoms with Crippen molar-refractivity contribution in [3.63, 3.8) is 0 Å². The first kappa shape index (κ1) is 10.5. The summed E-state index contributed by atoms with van der Waals surface area (Å²) in [5.74, 6) is -2.26. The van der Waals surface area contributed by atoms with Crippen molar-refractivity contribution >= 4 is 16.9 Å². The molecular formula is C9H5F3N2O2. The maximum absolute atomic E-state index is 13.3. The molecule has 1 N–H and O–H groups in total. The Bertz CT molecular complexity index is 565. The highest BCUT2D eigenvalue weighted by molar-refractivity contribution is 5.93. The van der Waals surface area contributed by atoms with Crippen molar-refractivity contribution in [3.05, 3.63) is 29.7 Å². The van der Waals surface area contributed by atoms with Crippen LogP contribution in [0.25, 0.3) is 10.9 Å². The monoisotopic (exact) mass is 230 g/mol. The second-order valence-corrected chi connectivity index (χ2v) is 3.09. The number of carboxylic acids is 1. The number of aromatic nitrogens is 2. The minimum atomic E-state index is -2.89. The molecule has 0 amide bonds. The quantitative estimate of drug-likeness (QED) is 0.860. The van der Waals surface area contributed by atoms with E-state index in [0.29, 0.717) is 0 Å². The number of carbonyl (C=O) groups is 1. The van der Waals surface area contributed by atoms with Crippen LogP contribution in [0.15, 0.2) is 18.3 Å². The summed E-state index contributed by atoms with van der Waals surface area (Å²) >= 11 is 0. The molecule has 0 radical (unpaired) electrons. The van der Waals surface area contributed by atoms with E-state index >= 15 is 0 Å². The molecular weight excluding hydrogens is 225 g/mol. The van der Waals surface area contributed by atoms with Gasteiger partial charge in [0, 0.05) is 11.6 Å². The first-order valence-electron chi connectivity index (χ1n) is 4.19. The summed E-state index contributed by atoms with van der Waals surface area (Å²) in [6, 6.07) is 1.83. The zero-order valence-corrected chi connectivity index (χ0v) is 7.69. The molecule has 0 unspecified atom stereocenters. The van der Waals surface area contributed by atoms with Gasteiger partial charge in [0.15, 0.2) is 5.82 Å². The van der Waals surface area contributed by atoms with Crippen LogP contribution in [-0.2, 0) is 0 Å². The van der Waals surface area contributed by atoms with E-state index in [1.165, 1.54) is 0 Å². The van der Waals surface area contributed by atoms with Crippen molar-refractivity contribution in [3.8, 4) is 0 Å². The molecule has 1 heterocycles. The average Bonchev–Trinajstić information content (AvgIpc) is 2.61. The van der Waals surface area contributed by atoms with Crippen molar-refractivity contribution in [2.45, 2.75) is 6.55 Å². The number of rotatable bonds is 2. The summed E-state index contributed by atoms with van der Waals surface area (Å²) in [4.78, 5) is 10.6. The Balaban J connectivity index is 2.68. The van der Waals surface area contributed by atoms with Crippen molar-refractivity contribution in [2.75, 3.05) is 0 Å². The minimum absolute atomic E-state index is 0.0256. The lowest BCUT2D eigenvalue weighted by Gasteiger charge is -1.95. The van der Waals surface area contributed by atoms with Gasteiger partial charge in [0.25, 0.3) is 0 Å². The molecule has 16 heavy (non-hydrogen) atoms. The molecule has 0 aliphatic rings. The molecule has 2 aromatic rings. The van der Waals surface area contributed by atoms with Gasteiger partial charge in [0.2, 0.25) is 0 Å². The Morgan fingerprint density at radius 2 is 2.12 bits per heavy atom. The maximum atomic E-state index is 13.3. The van der Waals surface area contributed by atoms with Gasteiger partial charge in [-0.25, -0.2) is 13.9 Å². The van der Waals surface area contributed by atoms with Gasteiger partial charge in [0.1, 0.15) is 5.52 Å². The standard InChI is InChI=1S/C9H5F3N2O2/c10-6-2-4(8(15)16)1-5-3-14(9(11)12)13-7(5)6/h1-3,9H,(H,15,16). The van der Waals surface area contributed by atoms with Crippen LogP contribution < -0.4 is 0 Å². The molecule has 0 aliphatic carbocycles. The van der Waals surface area contributed by atoms with Crippen LogP contribution in [-0.4, -0.2) is 20.9 Å². The number of nitrogens with zero attached hydrogens (tertiary/aromatic N) is 2. The fraction of sp³-hybridized carbons (Fsp3) is 0.111. The average molecular weight is 230 g/mol. The van der Waals surface area contributed by atoms with E-state index in [0.717, 1.165) is 18.3 Å². The fourth-order valence-corrected chi connectivity index (χ4v) is 1.33. The number of hydrogen-bond acceptors (Lipinski definition) is 2. The third kappa shape index (κ3) is 1.60. The van der Waals surface area contributed by atoms with E-state index in [2.05, 4.69) is 5.10 Å². The molecule has 0 saturated carbocycles. The van der Waals surface area contributed by atoms with Crippen LogP contribution in [0.4, 0.5) is 13.2 Å². The number of benzene rings is 1. The number of hydrogen-bond donors (Lipinski definition) is 1. The first-order chi connectivity index (χ1) is 7.49. The van der Waals surface area contributed by atoms with E-state index < -0.39 is 18.3 Å². The van der Waals surface area contributed by atoms with Gasteiger partial charge in [-0.2, -0.15) is 13.9 Å². The number of alkyl halides is 2. The zero-order valence-electron chi connectivity index (χ0n) is 7.69. The molecule has 1 aromatic carbocycles. The number of carboxylic acid groups (broad SMARTS) is 1. The summed E-state index contributed by atoms with van der Waals surface area (Å²) < 4.78 is 38.1. The maximum Gasteiger partial charge on any atom is 0.335 e. The van der Waals surface area contributed by atoms with Crippen LogP contribution in [0.5, 0.6) is 0 Å². The van der Waals surface area contributed by atoms with Gasteiger partial charge in [-0.05, 0) is 12.1 Å². The molecule has 4 nitrogen and oxygen atoms in total. The normalized spacial score (nSPS) is 11.2. The van der Waals surface area contributed by atoms with Gasteiger partial charge in [-0.15, -0.1) is 0 Å². The molecule has 0 aliphatic heterocycles. The van der Waals surface area contributed by atoms with Gasteiger partial charge in [-0.3, -0.25) is 0 Å². The van der Waals surface area contributed by atoms with E-state index in [1.807, 2.05) is 0 Å². The molecule has 0 bridgehead atoms. The Labute approximate surface area is 86.9 Å². The van der Waals surface area contributed by atoms with E-state index in [9.17, 15) is 18.0 Å². The third-order valence-corrected chi connectivity index (χ3v) is 2.03. The largest absolute Gasteiger partial charge is 0.478 e. The molecule has 1 aromatic heterocycles. The van der Waals surface area contributed by atoms with Crippen LogP contribution in [0.3, 0.4) is 0 Å². The first-order valence-corrected chi connectivity index (χ1v) is 4.19. The highest BCUT2D eigenvalue weighted by Gasteiger charge is 2.15. The van der Waals surface area contributed by atoms with Gasteiger partial charge in [-0.1, -0.05) is 0 Å². The molecule has 0 fully saturated rings. The highest BCUT2D eigenvalue weighted by Crippen LogP contribution is 2.21. The predicted molar refractivity (Wildman–Crippen MR) is 47.9 cm³/mol. The minimum Gasteiger partial charge on any atom is -0.478 e. The summed E-state index contributed by atoms with van der Waals surface area (Å²) in [5.41, 5.74) is -0.580. The number of aromatic carboxylic acids is 1. The fourth-order valence-electron chi connectivity index (χ4n) is 1.33. The Kier molecular flexibility index (Phi) is 2.30. The molecule has 0 spiro atoms. The number of fused-ring (bicyclic) bond motifs is 1. The van der Waals surface area contributed by atoms with Crippen molar-refractivity contribution in [1.29, 1.82) is 0 Å². The molecule has 2 rings (SSSR count). The Morgan fingerprint density at radius 1 is 1.44 bits per heavy atom. The smallest absolute Gasteiger partial charge is 0.335 e. The predicted octanol–water partition coefficient (Wildman–Crippen LogP) is 2.27. The molecule has 7 heteroatoms. The van der Waals surface area contributed by atoms with Crippen molar-refractivity contribution < 1.29 is 23.1 Å². The summed E-state index contributed by atoms with van der Waals surface area (Å²) in [5, 5.41) is 12.0. The third-order valence-electron chi connectivity index (χ3n) is 2.03. The van der Waals surface area contributed by atoms with Crippen molar-refractivity contribution in [1.82, 2.24) is 9.78 Å². The van der Waals surface area contributed by atoms with Crippen LogP contribution >= 0.6 is 0 Å². The van der Waals surface area contributed by atoms with E-state index in [-0.39, 0.29) is 21.1 Å². The van der Waals surface area contributed by atoms with Crippen LogP contribution in [0.2, 0.25) is 0 Å². The Hall–Kier alpha value is -2.05. The molecule has 0 atom stereocenters. The lowest BCUT2D eigenvalue weighted by atomic mass is 10.1. The van der Waals surface area contributed by atoms with Crippen LogP contribution in [0.1, 0.15) is 16.9 Å². The van der Waals surface area contributed by atoms with E-state index in [1.54, 1.807) is 0 Å². The lowest BCUT2D eigenvalue weighted by molar-refractivity contribution is 0.0573. The second kappa shape index (κ2) is 3.51. The van der Waals surface area contributed by atoms with E-state index in [4.69, 9.17) is 5.11 Å². The van der Waals surface area contributed by atoms with Crippen molar-refractivity contribution in [2.24, 2.45) is 0 Å². The number of halogens is 3. The van der Waals surface area contributed by atoms with Gasteiger partial charge in [0.05, 0.1) is 5.56 Å².